The van der Waals surface area contributed by atoms with E-state index in [1.807, 2.05) is 54.3 Å². The van der Waals surface area contributed by atoms with Crippen molar-refractivity contribution in [3.63, 3.8) is 0 Å². The second-order valence-electron chi connectivity index (χ2n) is 5.18. The Morgan fingerprint density at radius 3 is 2.81 bits per heavy atom. The summed E-state index contributed by atoms with van der Waals surface area (Å²) in [4.78, 5) is 8.91. The zero-order valence-electron chi connectivity index (χ0n) is 11.6. The molecule has 0 spiro atoms. The molecule has 0 aliphatic carbocycles. The van der Waals surface area contributed by atoms with Crippen LogP contribution in [0.15, 0.2) is 55.0 Å². The van der Waals surface area contributed by atoms with E-state index in [0.29, 0.717) is 0 Å². The lowest BCUT2D eigenvalue weighted by molar-refractivity contribution is 1.04. The molecule has 0 bridgehead atoms. The monoisotopic (exact) mass is 274 g/mol. The second-order valence-corrected chi connectivity index (χ2v) is 5.18. The van der Waals surface area contributed by atoms with Crippen molar-refractivity contribution in [1.29, 1.82) is 0 Å². The molecule has 4 nitrogen and oxygen atoms in total. The third kappa shape index (κ3) is 1.84. The van der Waals surface area contributed by atoms with Gasteiger partial charge in [0, 0.05) is 39.9 Å². The summed E-state index contributed by atoms with van der Waals surface area (Å²) in [5.74, 6) is 0.848. The van der Waals surface area contributed by atoms with Crippen molar-refractivity contribution in [2.75, 3.05) is 5.73 Å². The first-order valence-corrected chi connectivity index (χ1v) is 6.81. The number of nitrogens with two attached hydrogens (primary N) is 1. The molecular weight excluding hydrogens is 260 g/mol. The summed E-state index contributed by atoms with van der Waals surface area (Å²) in [6, 6.07) is 12.0. The molecule has 4 aromatic rings. The van der Waals surface area contributed by atoms with Crippen molar-refractivity contribution >= 4 is 27.4 Å². The lowest BCUT2D eigenvalue weighted by Gasteiger charge is -2.07. The van der Waals surface area contributed by atoms with Gasteiger partial charge >= 0.3 is 0 Å². The molecule has 21 heavy (non-hydrogen) atoms. The highest BCUT2D eigenvalue weighted by Crippen LogP contribution is 2.24. The van der Waals surface area contributed by atoms with Gasteiger partial charge in [0.05, 0.1) is 11.7 Å². The number of nitrogens with zero attached hydrogens (tertiary/aromatic N) is 3. The van der Waals surface area contributed by atoms with Gasteiger partial charge in [-0.25, -0.2) is 4.98 Å². The lowest BCUT2D eigenvalue weighted by atomic mass is 10.1. The molecule has 0 saturated heterocycles. The number of aryl methyl sites for hydroxylation is 1. The van der Waals surface area contributed by atoms with Gasteiger partial charge in [0.2, 0.25) is 0 Å². The maximum absolute atomic E-state index is 6.06. The number of aromatic nitrogens is 3. The number of anilines is 1. The molecule has 0 aliphatic heterocycles. The van der Waals surface area contributed by atoms with E-state index in [9.17, 15) is 0 Å². The average molecular weight is 274 g/mol. The van der Waals surface area contributed by atoms with Crippen molar-refractivity contribution in [2.45, 2.75) is 6.92 Å². The van der Waals surface area contributed by atoms with E-state index in [1.54, 1.807) is 0 Å². The Bertz CT molecular complexity index is 969. The maximum Gasteiger partial charge on any atom is 0.137 e. The Hall–Kier alpha value is -2.88. The number of fused-ring (bicyclic) bond motifs is 2. The Labute approximate surface area is 121 Å². The van der Waals surface area contributed by atoms with Gasteiger partial charge in [-0.05, 0) is 31.2 Å². The topological polar surface area (TPSA) is 56.7 Å². The molecule has 0 saturated carbocycles. The molecule has 0 fully saturated rings. The van der Waals surface area contributed by atoms with E-state index < -0.39 is 0 Å². The summed E-state index contributed by atoms with van der Waals surface area (Å²) in [7, 11) is 0. The van der Waals surface area contributed by atoms with Gasteiger partial charge in [-0.2, -0.15) is 0 Å². The van der Waals surface area contributed by atoms with Crippen molar-refractivity contribution in [3.05, 3.63) is 60.7 Å². The third-order valence-corrected chi connectivity index (χ3v) is 3.74. The van der Waals surface area contributed by atoms with Gasteiger partial charge in [0.1, 0.15) is 5.82 Å². The number of hydrogen-bond donors (Lipinski definition) is 1. The Morgan fingerprint density at radius 1 is 1.00 bits per heavy atom. The number of benzene rings is 1. The minimum Gasteiger partial charge on any atom is -0.398 e. The molecule has 1 aromatic carbocycles. The van der Waals surface area contributed by atoms with Gasteiger partial charge in [0.25, 0.3) is 0 Å². The molecule has 0 aliphatic rings. The van der Waals surface area contributed by atoms with E-state index >= 15 is 0 Å². The zero-order valence-corrected chi connectivity index (χ0v) is 11.6. The highest BCUT2D eigenvalue weighted by molar-refractivity contribution is 5.93. The highest BCUT2D eigenvalue weighted by atomic mass is 15.1. The predicted octanol–water partition coefficient (Wildman–Crippen LogP) is 3.46. The first-order valence-electron chi connectivity index (χ1n) is 6.81. The normalized spacial score (nSPS) is 11.3. The van der Waals surface area contributed by atoms with Gasteiger partial charge in [-0.1, -0.05) is 12.1 Å². The minimum atomic E-state index is 0.765. The van der Waals surface area contributed by atoms with E-state index in [-0.39, 0.29) is 0 Å². The molecular formula is C17H14N4. The Kier molecular flexibility index (Phi) is 2.44. The molecule has 0 atom stereocenters. The van der Waals surface area contributed by atoms with Crippen LogP contribution in [0.3, 0.4) is 0 Å². The van der Waals surface area contributed by atoms with Crippen LogP contribution in [-0.4, -0.2) is 14.5 Å². The van der Waals surface area contributed by atoms with Gasteiger partial charge in [0.15, 0.2) is 0 Å². The first kappa shape index (κ1) is 11.9. The summed E-state index contributed by atoms with van der Waals surface area (Å²) in [5, 5.41) is 3.22. The van der Waals surface area contributed by atoms with Gasteiger partial charge in [-0.3, -0.25) is 9.55 Å². The fraction of sp³-hybridized carbons (Fsp3) is 0.0588. The first-order chi connectivity index (χ1) is 10.2. The van der Waals surface area contributed by atoms with Gasteiger partial charge in [-0.15, -0.1) is 0 Å². The summed E-state index contributed by atoms with van der Waals surface area (Å²) in [6.45, 7) is 1.99. The van der Waals surface area contributed by atoms with E-state index in [2.05, 4.69) is 22.1 Å². The standard InChI is InChI=1S/C17H14N4/c1-11-7-12-5-6-21(16(12)10-19-11)17-8-14-13(9-20-17)3-2-4-15(14)18/h2-10H,18H2,1H3. The third-order valence-electron chi connectivity index (χ3n) is 3.74. The molecule has 4 heteroatoms. The molecule has 2 N–H and O–H groups in total. The van der Waals surface area contributed by atoms with Crippen molar-refractivity contribution in [1.82, 2.24) is 14.5 Å². The summed E-state index contributed by atoms with van der Waals surface area (Å²) in [6.07, 6.45) is 5.75. The number of nitrogen functional groups attached to an aromatic ring is 1. The Balaban J connectivity index is 1.98. The van der Waals surface area contributed by atoms with E-state index in [0.717, 1.165) is 38.9 Å². The summed E-state index contributed by atoms with van der Waals surface area (Å²) >= 11 is 0. The van der Waals surface area contributed by atoms with Crippen LogP contribution in [0.2, 0.25) is 0 Å². The number of rotatable bonds is 1. The van der Waals surface area contributed by atoms with Crippen molar-refractivity contribution in [2.24, 2.45) is 0 Å². The second kappa shape index (κ2) is 4.31. The largest absolute Gasteiger partial charge is 0.398 e. The van der Waals surface area contributed by atoms with Crippen LogP contribution in [0.25, 0.3) is 27.5 Å². The molecule has 0 unspecified atom stereocenters. The van der Waals surface area contributed by atoms with Crippen LogP contribution in [0.5, 0.6) is 0 Å². The summed E-state index contributed by atoms with van der Waals surface area (Å²) in [5.41, 5.74) is 8.88. The highest BCUT2D eigenvalue weighted by Gasteiger charge is 2.07. The van der Waals surface area contributed by atoms with Crippen LogP contribution in [0.1, 0.15) is 5.69 Å². The van der Waals surface area contributed by atoms with Crippen LogP contribution < -0.4 is 5.73 Å². The van der Waals surface area contributed by atoms with Crippen molar-refractivity contribution < 1.29 is 0 Å². The van der Waals surface area contributed by atoms with Crippen LogP contribution in [0.4, 0.5) is 5.69 Å². The van der Waals surface area contributed by atoms with Crippen LogP contribution in [-0.2, 0) is 0 Å². The predicted molar refractivity (Wildman–Crippen MR) is 85.5 cm³/mol. The fourth-order valence-corrected chi connectivity index (χ4v) is 2.66. The van der Waals surface area contributed by atoms with Crippen LogP contribution in [0, 0.1) is 6.92 Å². The molecule has 0 amide bonds. The van der Waals surface area contributed by atoms with Gasteiger partial charge < -0.3 is 5.73 Å². The van der Waals surface area contributed by atoms with E-state index in [1.165, 1.54) is 0 Å². The quantitative estimate of drug-likeness (QED) is 0.541. The maximum atomic E-state index is 6.06. The fourth-order valence-electron chi connectivity index (χ4n) is 2.66. The Morgan fingerprint density at radius 2 is 1.90 bits per heavy atom. The molecule has 0 radical (unpaired) electrons. The number of hydrogen-bond acceptors (Lipinski definition) is 3. The summed E-state index contributed by atoms with van der Waals surface area (Å²) < 4.78 is 2.04. The molecule has 3 aromatic heterocycles. The van der Waals surface area contributed by atoms with E-state index in [4.69, 9.17) is 5.73 Å². The minimum absolute atomic E-state index is 0.765. The number of pyridine rings is 2. The smallest absolute Gasteiger partial charge is 0.137 e. The molecule has 3 heterocycles. The zero-order chi connectivity index (χ0) is 14.4. The molecule has 102 valence electrons. The molecule has 4 rings (SSSR count). The average Bonchev–Trinajstić information content (AvgIpc) is 2.90. The van der Waals surface area contributed by atoms with Crippen LogP contribution >= 0.6 is 0 Å². The lowest BCUT2D eigenvalue weighted by Crippen LogP contribution is -1.97. The SMILES string of the molecule is Cc1cc2ccn(-c3cc4c(N)cccc4cn3)c2cn1. The van der Waals surface area contributed by atoms with Crippen molar-refractivity contribution in [3.8, 4) is 5.82 Å².